The third kappa shape index (κ3) is 5.32. The second-order valence-corrected chi connectivity index (χ2v) is 24.5. The van der Waals surface area contributed by atoms with Crippen LogP contribution in [0.3, 0.4) is 0 Å². The van der Waals surface area contributed by atoms with E-state index in [2.05, 4.69) is 76.8 Å². The molecule has 2 atom stereocenters. The number of carbonyl (C=O) groups is 1. The van der Waals surface area contributed by atoms with Crippen LogP contribution >= 0.6 is 0 Å². The molecular weight excluding hydrogens is 465 g/mol. The molecule has 1 aliphatic rings. The van der Waals surface area contributed by atoms with Crippen LogP contribution in [0.15, 0.2) is 30.3 Å². The Kier molecular flexibility index (Phi) is 9.37. The minimum atomic E-state index is -2.74. The van der Waals surface area contributed by atoms with E-state index in [0.29, 0.717) is 0 Å². The average Bonchev–Trinajstić information content (AvgIpc) is 3.02. The fraction of sp³-hybridized carbons (Fsp3) is 0.720. The van der Waals surface area contributed by atoms with E-state index in [-0.39, 0.29) is 21.8 Å². The second-order valence-electron chi connectivity index (χ2n) is 9.46. The normalized spacial score (nSPS) is 20.2. The quantitative estimate of drug-likeness (QED) is 0.271. The molecule has 1 saturated heterocycles. The van der Waals surface area contributed by atoms with Gasteiger partial charge in [0.25, 0.3) is 0 Å². The second kappa shape index (κ2) is 11.1. The summed E-state index contributed by atoms with van der Waals surface area (Å²) in [5.74, 6) is 0. The maximum absolute atomic E-state index is 13.2. The molecule has 4 heteroatoms. The third-order valence-corrected chi connectivity index (χ3v) is 26.6. The van der Waals surface area contributed by atoms with Crippen molar-refractivity contribution in [2.24, 2.45) is 0 Å². The number of benzene rings is 1. The van der Waals surface area contributed by atoms with E-state index in [9.17, 15) is 4.79 Å². The van der Waals surface area contributed by atoms with Gasteiger partial charge in [0.15, 0.2) is 0 Å². The molecule has 0 aliphatic carbocycles. The number of hydrogen-bond donors (Lipinski definition) is 0. The monoisotopic (exact) mass is 509 g/mol. The Morgan fingerprint density at radius 2 is 1.41 bits per heavy atom. The summed E-state index contributed by atoms with van der Waals surface area (Å²) in [6.45, 7) is 13.8. The van der Waals surface area contributed by atoms with E-state index in [4.69, 9.17) is 4.74 Å². The first-order valence-electron chi connectivity index (χ1n) is 11.9. The minimum absolute atomic E-state index is 0.0275. The number of amides is 1. The van der Waals surface area contributed by atoms with Gasteiger partial charge in [0, 0.05) is 0 Å². The molecule has 1 aromatic rings. The van der Waals surface area contributed by atoms with Gasteiger partial charge in [-0.15, -0.1) is 0 Å². The van der Waals surface area contributed by atoms with Crippen LogP contribution in [0.4, 0.5) is 4.79 Å². The molecule has 3 nitrogen and oxygen atoms in total. The summed E-state index contributed by atoms with van der Waals surface area (Å²) in [7, 11) is 0. The van der Waals surface area contributed by atoms with Crippen LogP contribution in [0.2, 0.25) is 13.3 Å². The van der Waals surface area contributed by atoms with Gasteiger partial charge < -0.3 is 0 Å². The van der Waals surface area contributed by atoms with E-state index in [1.54, 1.807) is 0 Å². The van der Waals surface area contributed by atoms with Crippen LogP contribution < -0.4 is 0 Å². The molecule has 2 rings (SSSR count). The molecular formula is C25H43NO2Sn. The van der Waals surface area contributed by atoms with Gasteiger partial charge in [-0.1, -0.05) is 0 Å². The van der Waals surface area contributed by atoms with Crippen LogP contribution in [-0.2, 0) is 4.74 Å². The summed E-state index contributed by atoms with van der Waals surface area (Å²) in [4.78, 5) is 15.4. The summed E-state index contributed by atoms with van der Waals surface area (Å²) < 4.78 is 9.96. The number of ether oxygens (including phenoxy) is 1. The Morgan fingerprint density at radius 3 is 1.86 bits per heavy atom. The average molecular weight is 508 g/mol. The van der Waals surface area contributed by atoms with Crippen molar-refractivity contribution in [2.75, 3.05) is 0 Å². The van der Waals surface area contributed by atoms with E-state index in [0.717, 1.165) is 0 Å². The fourth-order valence-corrected chi connectivity index (χ4v) is 23.7. The van der Waals surface area contributed by atoms with Gasteiger partial charge in [-0.25, -0.2) is 0 Å². The molecule has 1 amide bonds. The van der Waals surface area contributed by atoms with E-state index in [1.165, 1.54) is 57.4 Å². The number of rotatable bonds is 12. The molecule has 29 heavy (non-hydrogen) atoms. The van der Waals surface area contributed by atoms with Crippen molar-refractivity contribution in [3.05, 3.63) is 35.9 Å². The summed E-state index contributed by atoms with van der Waals surface area (Å²) >= 11 is -2.74. The molecule has 0 spiro atoms. The summed E-state index contributed by atoms with van der Waals surface area (Å²) in [5.41, 5.74) is 1.21. The molecule has 0 aromatic heterocycles. The number of carbonyl (C=O) groups excluding carboxylic acids is 1. The fourth-order valence-electron chi connectivity index (χ4n) is 5.34. The SMILES string of the molecule is CCC[CH2][Sn]([CH2]CCC)([CH2]CCC)[C](C)(C)N1C(=O)O[C@@H](C)[C@H]1c1ccccc1. The first kappa shape index (κ1) is 24.6. The first-order valence-corrected chi connectivity index (χ1v) is 19.4. The zero-order valence-corrected chi connectivity index (χ0v) is 22.5. The number of cyclic esters (lactones) is 1. The Bertz CT molecular complexity index is 609. The predicted octanol–water partition coefficient (Wildman–Crippen LogP) is 7.74. The van der Waals surface area contributed by atoms with Gasteiger partial charge in [-0.2, -0.15) is 0 Å². The van der Waals surface area contributed by atoms with E-state index in [1.807, 2.05) is 0 Å². The van der Waals surface area contributed by atoms with Crippen LogP contribution in [0.5, 0.6) is 0 Å². The Morgan fingerprint density at radius 1 is 0.931 bits per heavy atom. The zero-order valence-electron chi connectivity index (χ0n) is 19.7. The van der Waals surface area contributed by atoms with Crippen LogP contribution in [0, 0.1) is 0 Å². The van der Waals surface area contributed by atoms with Crippen molar-refractivity contribution in [1.29, 1.82) is 0 Å². The van der Waals surface area contributed by atoms with Crippen molar-refractivity contribution in [2.45, 2.75) is 109 Å². The van der Waals surface area contributed by atoms with Crippen molar-refractivity contribution >= 4 is 24.5 Å². The molecule has 0 radical (unpaired) electrons. The molecule has 1 aliphatic heterocycles. The predicted molar refractivity (Wildman–Crippen MR) is 126 cm³/mol. The van der Waals surface area contributed by atoms with E-state index < -0.39 is 18.4 Å². The molecule has 0 bridgehead atoms. The van der Waals surface area contributed by atoms with Gasteiger partial charge in [0.05, 0.1) is 0 Å². The van der Waals surface area contributed by atoms with Crippen molar-refractivity contribution in [3.63, 3.8) is 0 Å². The number of hydrogen-bond acceptors (Lipinski definition) is 2. The Balaban J connectivity index is 2.51. The van der Waals surface area contributed by atoms with Crippen LogP contribution in [0.25, 0.3) is 0 Å². The summed E-state index contributed by atoms with van der Waals surface area (Å²) in [6, 6.07) is 10.6. The van der Waals surface area contributed by atoms with Gasteiger partial charge in [0.2, 0.25) is 0 Å². The van der Waals surface area contributed by atoms with Crippen molar-refractivity contribution < 1.29 is 9.53 Å². The number of nitrogens with zero attached hydrogens (tertiary/aromatic N) is 1. The summed E-state index contributed by atoms with van der Waals surface area (Å²) in [6.07, 6.45) is 7.46. The molecule has 0 unspecified atom stereocenters. The van der Waals surface area contributed by atoms with Crippen molar-refractivity contribution in [3.8, 4) is 0 Å². The molecule has 0 saturated carbocycles. The number of unbranched alkanes of at least 4 members (excludes halogenated alkanes) is 3. The molecule has 1 heterocycles. The topological polar surface area (TPSA) is 29.5 Å². The van der Waals surface area contributed by atoms with Gasteiger partial charge in [-0.3, -0.25) is 0 Å². The maximum atomic E-state index is 13.2. The van der Waals surface area contributed by atoms with Crippen LogP contribution in [0.1, 0.15) is 91.7 Å². The van der Waals surface area contributed by atoms with E-state index >= 15 is 0 Å². The van der Waals surface area contributed by atoms with Crippen LogP contribution in [-0.4, -0.2) is 39.0 Å². The molecule has 164 valence electrons. The standard InChI is InChI=1S/C13H16NO2.3C4H9.Sn/c1-9(2)14-12(10(3)16-13(14)15)11-7-5-4-6-8-11;3*1-3-4-2;/h4-8,10,12H,1-3H3;3*1,3-4H2,2H3;/t10-,12-;;;;/m0..../s1. The molecule has 1 aromatic carbocycles. The Hall–Kier alpha value is -0.711. The molecule has 1 fully saturated rings. The first-order chi connectivity index (χ1) is 13.8. The summed E-state index contributed by atoms with van der Waals surface area (Å²) in [5, 5.41) is 0. The zero-order chi connectivity index (χ0) is 21.5. The van der Waals surface area contributed by atoms with Crippen molar-refractivity contribution in [1.82, 2.24) is 4.90 Å². The molecule has 0 N–H and O–H groups in total. The van der Waals surface area contributed by atoms with Gasteiger partial charge >= 0.3 is 184 Å². The van der Waals surface area contributed by atoms with Gasteiger partial charge in [0.1, 0.15) is 0 Å². The third-order valence-electron chi connectivity index (χ3n) is 7.27. The van der Waals surface area contributed by atoms with Gasteiger partial charge in [-0.05, 0) is 0 Å². The Labute approximate surface area is 183 Å².